The maximum Gasteiger partial charge on any atom is 0.363 e. The molecule has 2 aromatic heterocycles. The Balaban J connectivity index is 1.73. The number of esters is 1. The first-order valence-corrected chi connectivity index (χ1v) is 8.04. The van der Waals surface area contributed by atoms with E-state index < -0.39 is 5.97 Å². The van der Waals surface area contributed by atoms with Crippen molar-refractivity contribution >= 4 is 50.7 Å². The minimum absolute atomic E-state index is 0.352. The van der Waals surface area contributed by atoms with E-state index in [1.54, 1.807) is 17.4 Å². The van der Waals surface area contributed by atoms with Crippen molar-refractivity contribution in [1.29, 1.82) is 0 Å². The number of carbonyl (C=O) groups is 1. The van der Waals surface area contributed by atoms with Gasteiger partial charge in [0.05, 0.1) is 4.88 Å². The van der Waals surface area contributed by atoms with E-state index in [9.17, 15) is 4.79 Å². The van der Waals surface area contributed by atoms with Gasteiger partial charge in [-0.3, -0.25) is 0 Å². The first-order chi connectivity index (χ1) is 10.3. The largest absolute Gasteiger partial charge is 0.401 e. The second-order valence-electron chi connectivity index (χ2n) is 4.50. The zero-order valence-electron chi connectivity index (χ0n) is 10.8. The van der Waals surface area contributed by atoms with Gasteiger partial charge in [0.1, 0.15) is 0 Å². The molecule has 0 atom stereocenters. The highest BCUT2D eigenvalue weighted by atomic mass is 32.1. The predicted molar refractivity (Wildman–Crippen MR) is 86.8 cm³/mol. The molecule has 1 aromatic carbocycles. The van der Waals surface area contributed by atoms with Crippen molar-refractivity contribution in [2.24, 2.45) is 4.99 Å². The average molecular weight is 311 g/mol. The number of aliphatic imine (C=N–C) groups is 1. The van der Waals surface area contributed by atoms with Crippen LogP contribution in [0.15, 0.2) is 58.5 Å². The molecule has 0 fully saturated rings. The van der Waals surface area contributed by atoms with E-state index >= 15 is 0 Å². The SMILES string of the molecule is O=C1OC(c2cccs2)=N/C1=C/c1cc2ccccc2s1. The van der Waals surface area contributed by atoms with Crippen LogP contribution in [0.5, 0.6) is 0 Å². The molecule has 102 valence electrons. The van der Waals surface area contributed by atoms with Crippen molar-refractivity contribution in [3.8, 4) is 0 Å². The summed E-state index contributed by atoms with van der Waals surface area (Å²) in [5.74, 6) is -0.00165. The molecule has 0 amide bonds. The third-order valence-corrected chi connectivity index (χ3v) is 5.00. The van der Waals surface area contributed by atoms with Gasteiger partial charge in [-0.2, -0.15) is 0 Å². The molecule has 21 heavy (non-hydrogen) atoms. The van der Waals surface area contributed by atoms with Crippen LogP contribution in [-0.4, -0.2) is 11.9 Å². The molecule has 3 heterocycles. The Bertz CT molecular complexity index is 855. The first-order valence-electron chi connectivity index (χ1n) is 6.35. The van der Waals surface area contributed by atoms with E-state index in [0.717, 1.165) is 9.75 Å². The maximum absolute atomic E-state index is 11.9. The lowest BCUT2D eigenvalue weighted by atomic mass is 10.2. The van der Waals surface area contributed by atoms with Crippen molar-refractivity contribution in [2.45, 2.75) is 0 Å². The monoisotopic (exact) mass is 311 g/mol. The molecule has 0 N–H and O–H groups in total. The van der Waals surface area contributed by atoms with E-state index in [1.807, 2.05) is 29.6 Å². The second kappa shape index (κ2) is 4.95. The number of cyclic esters (lactones) is 1. The summed E-state index contributed by atoms with van der Waals surface area (Å²) >= 11 is 3.14. The fourth-order valence-corrected chi connectivity index (χ4v) is 3.77. The highest BCUT2D eigenvalue weighted by Crippen LogP contribution is 2.29. The number of carbonyl (C=O) groups excluding carboxylic acids is 1. The molecule has 1 aliphatic rings. The maximum atomic E-state index is 11.9. The van der Waals surface area contributed by atoms with Crippen molar-refractivity contribution in [1.82, 2.24) is 0 Å². The summed E-state index contributed by atoms with van der Waals surface area (Å²) in [6.07, 6.45) is 1.79. The highest BCUT2D eigenvalue weighted by Gasteiger charge is 2.24. The molecule has 3 nitrogen and oxygen atoms in total. The predicted octanol–water partition coefficient (Wildman–Crippen LogP) is 4.31. The van der Waals surface area contributed by atoms with Gasteiger partial charge < -0.3 is 4.74 Å². The molecule has 4 rings (SSSR count). The van der Waals surface area contributed by atoms with Crippen molar-refractivity contribution in [3.05, 3.63) is 63.3 Å². The van der Waals surface area contributed by atoms with Crippen LogP contribution in [0.2, 0.25) is 0 Å². The molecule has 1 aliphatic heterocycles. The number of hydrogen-bond donors (Lipinski definition) is 0. The van der Waals surface area contributed by atoms with Gasteiger partial charge in [-0.25, -0.2) is 9.79 Å². The zero-order valence-corrected chi connectivity index (χ0v) is 12.4. The summed E-state index contributed by atoms with van der Waals surface area (Å²) in [7, 11) is 0. The Morgan fingerprint density at radius 1 is 1.14 bits per heavy atom. The van der Waals surface area contributed by atoms with Gasteiger partial charge in [0.2, 0.25) is 5.90 Å². The van der Waals surface area contributed by atoms with Crippen LogP contribution in [-0.2, 0) is 9.53 Å². The average Bonchev–Trinajstić information content (AvgIpc) is 3.19. The van der Waals surface area contributed by atoms with Crippen LogP contribution >= 0.6 is 22.7 Å². The minimum Gasteiger partial charge on any atom is -0.401 e. The Labute approximate surface area is 128 Å². The summed E-state index contributed by atoms with van der Waals surface area (Å²) in [4.78, 5) is 18.1. The number of thiophene rings is 2. The van der Waals surface area contributed by atoms with E-state index in [0.29, 0.717) is 11.6 Å². The number of benzene rings is 1. The molecule has 3 aromatic rings. The summed E-state index contributed by atoms with van der Waals surface area (Å²) in [6.45, 7) is 0. The van der Waals surface area contributed by atoms with Gasteiger partial charge >= 0.3 is 5.97 Å². The summed E-state index contributed by atoms with van der Waals surface area (Å²) in [5.41, 5.74) is 0.352. The van der Waals surface area contributed by atoms with Gasteiger partial charge in [-0.05, 0) is 35.0 Å². The van der Waals surface area contributed by atoms with Crippen molar-refractivity contribution in [2.75, 3.05) is 0 Å². The summed E-state index contributed by atoms with van der Waals surface area (Å²) in [5, 5.41) is 3.10. The molecule has 0 saturated carbocycles. The fraction of sp³-hybridized carbons (Fsp3) is 0. The van der Waals surface area contributed by atoms with E-state index in [1.165, 1.54) is 21.4 Å². The van der Waals surface area contributed by atoms with E-state index in [2.05, 4.69) is 23.2 Å². The number of nitrogens with zero attached hydrogens (tertiary/aromatic N) is 1. The van der Waals surface area contributed by atoms with Crippen LogP contribution in [0.1, 0.15) is 9.75 Å². The summed E-state index contributed by atoms with van der Waals surface area (Å²) in [6, 6.07) is 14.0. The Hall–Kier alpha value is -2.24. The van der Waals surface area contributed by atoms with Crippen LogP contribution in [0.25, 0.3) is 16.2 Å². The van der Waals surface area contributed by atoms with Crippen molar-refractivity contribution in [3.63, 3.8) is 0 Å². The van der Waals surface area contributed by atoms with Crippen LogP contribution < -0.4 is 0 Å². The van der Waals surface area contributed by atoms with Crippen LogP contribution in [0.3, 0.4) is 0 Å². The van der Waals surface area contributed by atoms with Crippen LogP contribution in [0, 0.1) is 0 Å². The van der Waals surface area contributed by atoms with Gasteiger partial charge in [0.25, 0.3) is 0 Å². The van der Waals surface area contributed by atoms with Gasteiger partial charge in [0.15, 0.2) is 5.70 Å². The molecule has 5 heteroatoms. The summed E-state index contributed by atoms with van der Waals surface area (Å²) < 4.78 is 6.42. The molecule has 0 bridgehead atoms. The second-order valence-corrected chi connectivity index (χ2v) is 6.56. The zero-order chi connectivity index (χ0) is 14.2. The molecular weight excluding hydrogens is 302 g/mol. The normalized spacial score (nSPS) is 16.5. The first kappa shape index (κ1) is 12.5. The fourth-order valence-electron chi connectivity index (χ4n) is 2.12. The third kappa shape index (κ3) is 2.30. The Kier molecular flexibility index (Phi) is 2.94. The molecule has 0 spiro atoms. The Morgan fingerprint density at radius 2 is 2.05 bits per heavy atom. The molecule has 0 saturated heterocycles. The molecular formula is C16H9NO2S2. The number of fused-ring (bicyclic) bond motifs is 1. The van der Waals surface area contributed by atoms with Gasteiger partial charge in [-0.1, -0.05) is 24.3 Å². The lowest BCUT2D eigenvalue weighted by Crippen LogP contribution is -2.03. The number of hydrogen-bond acceptors (Lipinski definition) is 5. The molecule has 0 aliphatic carbocycles. The van der Waals surface area contributed by atoms with Crippen LogP contribution in [0.4, 0.5) is 0 Å². The lowest BCUT2D eigenvalue weighted by Gasteiger charge is -1.92. The van der Waals surface area contributed by atoms with Crippen molar-refractivity contribution < 1.29 is 9.53 Å². The molecule has 0 unspecified atom stereocenters. The number of rotatable bonds is 2. The van der Waals surface area contributed by atoms with Gasteiger partial charge in [-0.15, -0.1) is 22.7 Å². The minimum atomic E-state index is -0.393. The topological polar surface area (TPSA) is 38.7 Å². The van der Waals surface area contributed by atoms with Gasteiger partial charge in [0, 0.05) is 9.58 Å². The Morgan fingerprint density at radius 3 is 2.86 bits per heavy atom. The highest BCUT2D eigenvalue weighted by molar-refractivity contribution is 7.19. The molecule has 0 radical (unpaired) electrons. The van der Waals surface area contributed by atoms with E-state index in [4.69, 9.17) is 4.74 Å². The lowest BCUT2D eigenvalue weighted by molar-refractivity contribution is -0.129. The van der Waals surface area contributed by atoms with E-state index in [-0.39, 0.29) is 0 Å². The quantitative estimate of drug-likeness (QED) is 0.522. The smallest absolute Gasteiger partial charge is 0.363 e. The number of ether oxygens (including phenoxy) is 1. The standard InChI is InChI=1S/C16H9NO2S2/c18-16-12(17-15(19-16)14-6-3-7-20-14)9-11-8-10-4-1-2-5-13(10)21-11/h1-9H/b12-9+. The third-order valence-electron chi connectivity index (χ3n) is 3.08.